The minimum absolute atomic E-state index is 0.893. The maximum atomic E-state index is 5.33. The summed E-state index contributed by atoms with van der Waals surface area (Å²) in [5.74, 6) is 0.893. The first-order valence-electron chi connectivity index (χ1n) is 4.30. The summed E-state index contributed by atoms with van der Waals surface area (Å²) in [4.78, 5) is 0. The summed E-state index contributed by atoms with van der Waals surface area (Å²) in [6.07, 6.45) is 6.02. The summed E-state index contributed by atoms with van der Waals surface area (Å²) < 4.78 is 5.33. The highest BCUT2D eigenvalue weighted by Gasteiger charge is 1.84. The zero-order valence-electron chi connectivity index (χ0n) is 7.36. The molecule has 1 nitrogen and oxygen atoms in total. The van der Waals surface area contributed by atoms with Crippen molar-refractivity contribution >= 4 is 0 Å². The highest BCUT2D eigenvalue weighted by Crippen LogP contribution is 2.08. The van der Waals surface area contributed by atoms with Crippen molar-refractivity contribution in [1.82, 2.24) is 0 Å². The fraction of sp³-hybridized carbons (Fsp3) is 0.273. The fourth-order valence-corrected chi connectivity index (χ4v) is 0.860. The molecule has 1 aromatic rings. The summed E-state index contributed by atoms with van der Waals surface area (Å²) in [5.41, 5.74) is 0. The first-order valence-corrected chi connectivity index (χ1v) is 4.30. The predicted octanol–water partition coefficient (Wildman–Crippen LogP) is 3.38. The van der Waals surface area contributed by atoms with Crippen molar-refractivity contribution < 1.29 is 4.74 Å². The third-order valence-corrected chi connectivity index (χ3v) is 1.50. The Morgan fingerprint density at radius 3 is 2.67 bits per heavy atom. The monoisotopic (exact) mass is 162 g/mol. The topological polar surface area (TPSA) is 9.23 Å². The van der Waals surface area contributed by atoms with E-state index in [1.165, 1.54) is 0 Å². The van der Waals surface area contributed by atoms with Crippen LogP contribution in [0.1, 0.15) is 19.8 Å². The van der Waals surface area contributed by atoms with Gasteiger partial charge in [-0.15, -0.1) is 0 Å². The molecule has 64 valence electrons. The molecule has 1 rings (SSSR count). The van der Waals surface area contributed by atoms with E-state index in [1.54, 1.807) is 6.26 Å². The minimum atomic E-state index is 0.893. The standard InChI is InChI=1S/C11H14O/c1-2-3-7-10-12-11-8-5-4-6-9-11/h4-10H,2-3H2,1H3. The maximum Gasteiger partial charge on any atom is 0.126 e. The highest BCUT2D eigenvalue weighted by atomic mass is 16.5. The van der Waals surface area contributed by atoms with Gasteiger partial charge in [-0.25, -0.2) is 0 Å². The zero-order valence-corrected chi connectivity index (χ0v) is 7.36. The van der Waals surface area contributed by atoms with Crippen LogP contribution in [0.3, 0.4) is 0 Å². The minimum Gasteiger partial charge on any atom is -0.465 e. The maximum absolute atomic E-state index is 5.33. The van der Waals surface area contributed by atoms with Crippen molar-refractivity contribution in [2.45, 2.75) is 19.8 Å². The molecule has 0 aromatic heterocycles. The fourth-order valence-electron chi connectivity index (χ4n) is 0.860. The Labute approximate surface area is 73.7 Å². The van der Waals surface area contributed by atoms with E-state index in [2.05, 4.69) is 6.92 Å². The number of para-hydroxylation sites is 1. The van der Waals surface area contributed by atoms with Crippen LogP contribution in [0, 0.1) is 0 Å². The molecule has 0 saturated heterocycles. The third-order valence-electron chi connectivity index (χ3n) is 1.50. The number of allylic oxidation sites excluding steroid dienone is 1. The largest absolute Gasteiger partial charge is 0.465 e. The molecule has 0 heterocycles. The molecule has 0 spiro atoms. The molecule has 0 saturated carbocycles. The first-order chi connectivity index (χ1) is 5.93. The van der Waals surface area contributed by atoms with Crippen molar-refractivity contribution in [3.8, 4) is 5.75 Å². The molecule has 12 heavy (non-hydrogen) atoms. The number of hydrogen-bond donors (Lipinski definition) is 0. The average Bonchev–Trinajstić information content (AvgIpc) is 2.14. The number of unbranched alkanes of at least 4 members (excludes halogenated alkanes) is 1. The molecular weight excluding hydrogens is 148 g/mol. The molecule has 0 amide bonds. The summed E-state index contributed by atoms with van der Waals surface area (Å²) >= 11 is 0. The van der Waals surface area contributed by atoms with E-state index in [-0.39, 0.29) is 0 Å². The lowest BCUT2D eigenvalue weighted by Gasteiger charge is -1.97. The molecule has 0 atom stereocenters. The Balaban J connectivity index is 2.33. The number of hydrogen-bond acceptors (Lipinski definition) is 1. The first kappa shape index (κ1) is 8.85. The van der Waals surface area contributed by atoms with Gasteiger partial charge in [0.1, 0.15) is 5.75 Å². The van der Waals surface area contributed by atoms with E-state index >= 15 is 0 Å². The zero-order chi connectivity index (χ0) is 8.65. The van der Waals surface area contributed by atoms with E-state index in [0.29, 0.717) is 0 Å². The van der Waals surface area contributed by atoms with Crippen LogP contribution < -0.4 is 4.74 Å². The Morgan fingerprint density at radius 1 is 1.25 bits per heavy atom. The van der Waals surface area contributed by atoms with Crippen LogP contribution in [-0.4, -0.2) is 0 Å². The van der Waals surface area contributed by atoms with Crippen LogP contribution in [0.15, 0.2) is 42.7 Å². The second-order valence-corrected chi connectivity index (χ2v) is 2.59. The molecule has 0 fully saturated rings. The van der Waals surface area contributed by atoms with Crippen molar-refractivity contribution in [2.75, 3.05) is 0 Å². The van der Waals surface area contributed by atoms with Gasteiger partial charge in [0.05, 0.1) is 6.26 Å². The Hall–Kier alpha value is -1.24. The van der Waals surface area contributed by atoms with Gasteiger partial charge in [0, 0.05) is 0 Å². The molecule has 0 aliphatic carbocycles. The smallest absolute Gasteiger partial charge is 0.126 e. The SMILES string of the molecule is CCCC=COc1ccccc1. The van der Waals surface area contributed by atoms with Gasteiger partial charge in [-0.05, 0) is 24.6 Å². The summed E-state index contributed by atoms with van der Waals surface area (Å²) in [7, 11) is 0. The van der Waals surface area contributed by atoms with Crippen molar-refractivity contribution in [3.63, 3.8) is 0 Å². The predicted molar refractivity (Wildman–Crippen MR) is 51.1 cm³/mol. The van der Waals surface area contributed by atoms with Gasteiger partial charge >= 0.3 is 0 Å². The van der Waals surface area contributed by atoms with Gasteiger partial charge in [0.25, 0.3) is 0 Å². The Morgan fingerprint density at radius 2 is 2.00 bits per heavy atom. The van der Waals surface area contributed by atoms with E-state index in [9.17, 15) is 0 Å². The molecule has 0 bridgehead atoms. The molecule has 0 N–H and O–H groups in total. The molecule has 0 unspecified atom stereocenters. The number of rotatable bonds is 4. The van der Waals surface area contributed by atoms with E-state index in [1.807, 2.05) is 36.4 Å². The van der Waals surface area contributed by atoms with Crippen LogP contribution in [0.5, 0.6) is 5.75 Å². The summed E-state index contributed by atoms with van der Waals surface area (Å²) in [5, 5.41) is 0. The third kappa shape index (κ3) is 3.24. The lowest BCUT2D eigenvalue weighted by molar-refractivity contribution is 0.478. The molecule has 0 radical (unpaired) electrons. The van der Waals surface area contributed by atoms with Gasteiger partial charge in [-0.1, -0.05) is 31.5 Å². The average molecular weight is 162 g/mol. The quantitative estimate of drug-likeness (QED) is 0.617. The van der Waals surface area contributed by atoms with Gasteiger partial charge in [0.2, 0.25) is 0 Å². The van der Waals surface area contributed by atoms with Crippen molar-refractivity contribution in [2.24, 2.45) is 0 Å². The molecule has 1 aromatic carbocycles. The lowest BCUT2D eigenvalue weighted by atomic mass is 10.3. The van der Waals surface area contributed by atoms with Crippen LogP contribution in [0.4, 0.5) is 0 Å². The number of benzene rings is 1. The van der Waals surface area contributed by atoms with Crippen LogP contribution in [-0.2, 0) is 0 Å². The van der Waals surface area contributed by atoms with Crippen LogP contribution >= 0.6 is 0 Å². The Bertz CT molecular complexity index is 226. The van der Waals surface area contributed by atoms with Gasteiger partial charge in [0.15, 0.2) is 0 Å². The van der Waals surface area contributed by atoms with Gasteiger partial charge < -0.3 is 4.74 Å². The summed E-state index contributed by atoms with van der Waals surface area (Å²) in [6, 6.07) is 9.78. The highest BCUT2D eigenvalue weighted by molar-refractivity contribution is 5.21. The Kier molecular flexibility index (Phi) is 4.00. The molecule has 0 aliphatic heterocycles. The van der Waals surface area contributed by atoms with Gasteiger partial charge in [-0.3, -0.25) is 0 Å². The lowest BCUT2D eigenvalue weighted by Crippen LogP contribution is -1.79. The van der Waals surface area contributed by atoms with E-state index in [4.69, 9.17) is 4.74 Å². The molecular formula is C11H14O. The summed E-state index contributed by atoms with van der Waals surface area (Å²) in [6.45, 7) is 2.15. The molecule has 0 aliphatic rings. The second-order valence-electron chi connectivity index (χ2n) is 2.59. The van der Waals surface area contributed by atoms with Gasteiger partial charge in [-0.2, -0.15) is 0 Å². The van der Waals surface area contributed by atoms with Crippen molar-refractivity contribution in [3.05, 3.63) is 42.7 Å². The van der Waals surface area contributed by atoms with Crippen molar-refractivity contribution in [1.29, 1.82) is 0 Å². The van der Waals surface area contributed by atoms with Crippen LogP contribution in [0.25, 0.3) is 0 Å². The van der Waals surface area contributed by atoms with E-state index < -0.39 is 0 Å². The molecule has 1 heteroatoms. The van der Waals surface area contributed by atoms with Crippen LogP contribution in [0.2, 0.25) is 0 Å². The van der Waals surface area contributed by atoms with E-state index in [0.717, 1.165) is 18.6 Å². The second kappa shape index (κ2) is 5.42. The number of ether oxygens (including phenoxy) is 1. The normalized spacial score (nSPS) is 10.4.